The molecule has 7 nitrogen and oxygen atoms in total. The number of fused-ring (bicyclic) bond motifs is 1. The number of rotatable bonds is 4. The molecule has 2 aromatic carbocycles. The molecule has 0 saturated carbocycles. The fourth-order valence-corrected chi connectivity index (χ4v) is 3.05. The number of pyridine rings is 1. The summed E-state index contributed by atoms with van der Waals surface area (Å²) < 4.78 is 2.09. The van der Waals surface area contributed by atoms with Gasteiger partial charge in [0.25, 0.3) is 0 Å². The number of carboxylic acids is 2. The molecule has 0 amide bonds. The molecule has 0 atom stereocenters. The average molecular weight is 429 g/mol. The minimum atomic E-state index is -1.82. The van der Waals surface area contributed by atoms with Gasteiger partial charge in [-0.1, -0.05) is 62.4 Å². The SMILES string of the molecule is CC(C)c1ccc(/C=C/c2nc3ccccc3n2-c2ccccn2)cc1.O=C(O)C(=O)O. The standard InChI is InChI=1S/C23H21N3.C2H2O4/c1-17(2)19-13-10-18(11-14-19)12-15-23-25-20-7-3-4-8-21(20)26(23)22-9-5-6-16-24-22;3-1(4)2(5)6/h3-17H,1-2H3;(H,3,4)(H,5,6)/b15-12+;. The Balaban J connectivity index is 0.000000427. The predicted octanol–water partition coefficient (Wildman–Crippen LogP) is 4.87. The van der Waals surface area contributed by atoms with E-state index in [1.165, 1.54) is 5.56 Å². The Labute approximate surface area is 185 Å². The second-order valence-electron chi connectivity index (χ2n) is 7.25. The highest BCUT2D eigenvalue weighted by molar-refractivity contribution is 6.27. The third-order valence-corrected chi connectivity index (χ3v) is 4.68. The van der Waals surface area contributed by atoms with E-state index in [1.54, 1.807) is 0 Å². The van der Waals surface area contributed by atoms with Crippen LogP contribution >= 0.6 is 0 Å². The quantitative estimate of drug-likeness (QED) is 0.449. The first-order valence-corrected chi connectivity index (χ1v) is 10.00. The van der Waals surface area contributed by atoms with Crippen LogP contribution in [-0.2, 0) is 9.59 Å². The van der Waals surface area contributed by atoms with E-state index in [2.05, 4.69) is 65.9 Å². The minimum absolute atomic E-state index is 0.543. The van der Waals surface area contributed by atoms with E-state index in [0.29, 0.717) is 5.92 Å². The van der Waals surface area contributed by atoms with E-state index in [9.17, 15) is 0 Å². The van der Waals surface area contributed by atoms with Gasteiger partial charge >= 0.3 is 11.9 Å². The van der Waals surface area contributed by atoms with Crippen LogP contribution in [-0.4, -0.2) is 36.7 Å². The van der Waals surface area contributed by atoms with Crippen LogP contribution in [0.4, 0.5) is 0 Å². The van der Waals surface area contributed by atoms with Gasteiger partial charge in [-0.05, 0) is 47.4 Å². The number of nitrogens with zero attached hydrogens (tertiary/aromatic N) is 3. The van der Waals surface area contributed by atoms with Crippen molar-refractivity contribution in [2.45, 2.75) is 19.8 Å². The number of hydrogen-bond acceptors (Lipinski definition) is 4. The molecule has 0 fully saturated rings. The van der Waals surface area contributed by atoms with E-state index in [4.69, 9.17) is 24.8 Å². The Kier molecular flexibility index (Phi) is 7.13. The van der Waals surface area contributed by atoms with Gasteiger partial charge in [-0.2, -0.15) is 0 Å². The number of para-hydroxylation sites is 2. The van der Waals surface area contributed by atoms with Gasteiger partial charge in [0.1, 0.15) is 11.6 Å². The highest BCUT2D eigenvalue weighted by Gasteiger charge is 2.10. The molecule has 2 aromatic heterocycles. The molecule has 162 valence electrons. The Morgan fingerprint density at radius 3 is 2.12 bits per heavy atom. The van der Waals surface area contributed by atoms with Gasteiger partial charge in [-0.3, -0.25) is 4.57 Å². The lowest BCUT2D eigenvalue weighted by atomic mass is 10.0. The maximum absolute atomic E-state index is 9.10. The molecule has 2 N–H and O–H groups in total. The minimum Gasteiger partial charge on any atom is -0.473 e. The van der Waals surface area contributed by atoms with Gasteiger partial charge in [-0.15, -0.1) is 0 Å². The zero-order chi connectivity index (χ0) is 23.1. The van der Waals surface area contributed by atoms with Crippen molar-refractivity contribution < 1.29 is 19.8 Å². The van der Waals surface area contributed by atoms with Crippen LogP contribution in [0.2, 0.25) is 0 Å². The number of imidazole rings is 1. The zero-order valence-corrected chi connectivity index (χ0v) is 17.7. The van der Waals surface area contributed by atoms with E-state index in [-0.39, 0.29) is 0 Å². The molecule has 7 heteroatoms. The molecule has 4 aromatic rings. The van der Waals surface area contributed by atoms with Gasteiger partial charge in [0.05, 0.1) is 11.0 Å². The smallest absolute Gasteiger partial charge is 0.414 e. The average Bonchev–Trinajstić information content (AvgIpc) is 3.17. The van der Waals surface area contributed by atoms with Crippen molar-refractivity contribution in [2.75, 3.05) is 0 Å². The Morgan fingerprint density at radius 1 is 0.875 bits per heavy atom. The van der Waals surface area contributed by atoms with Crippen molar-refractivity contribution in [3.05, 3.63) is 89.9 Å². The monoisotopic (exact) mass is 429 g/mol. The maximum Gasteiger partial charge on any atom is 0.414 e. The molecule has 0 unspecified atom stereocenters. The summed E-state index contributed by atoms with van der Waals surface area (Å²) in [6.07, 6.45) is 5.96. The Hall–Kier alpha value is -4.26. The van der Waals surface area contributed by atoms with E-state index in [1.807, 2.05) is 42.6 Å². The highest BCUT2D eigenvalue weighted by Crippen LogP contribution is 2.22. The molecule has 0 aliphatic heterocycles. The van der Waals surface area contributed by atoms with Crippen LogP contribution in [0.25, 0.3) is 29.0 Å². The van der Waals surface area contributed by atoms with Gasteiger partial charge in [-0.25, -0.2) is 19.6 Å². The molecule has 0 saturated heterocycles. The van der Waals surface area contributed by atoms with Crippen molar-refractivity contribution in [1.29, 1.82) is 0 Å². The van der Waals surface area contributed by atoms with Crippen LogP contribution in [0, 0.1) is 0 Å². The lowest BCUT2D eigenvalue weighted by molar-refractivity contribution is -0.159. The lowest BCUT2D eigenvalue weighted by Crippen LogP contribution is -2.09. The summed E-state index contributed by atoms with van der Waals surface area (Å²) in [6.45, 7) is 4.42. The second-order valence-corrected chi connectivity index (χ2v) is 7.25. The highest BCUT2D eigenvalue weighted by atomic mass is 16.4. The number of benzene rings is 2. The summed E-state index contributed by atoms with van der Waals surface area (Å²) in [7, 11) is 0. The third-order valence-electron chi connectivity index (χ3n) is 4.68. The number of carbonyl (C=O) groups is 2. The molecule has 2 heterocycles. The van der Waals surface area contributed by atoms with E-state index >= 15 is 0 Å². The fraction of sp³-hybridized carbons (Fsp3) is 0.120. The topological polar surface area (TPSA) is 105 Å². The van der Waals surface area contributed by atoms with Crippen LogP contribution in [0.3, 0.4) is 0 Å². The molecule has 0 bridgehead atoms. The molecule has 0 radical (unpaired) electrons. The summed E-state index contributed by atoms with van der Waals surface area (Å²) in [4.78, 5) is 27.5. The van der Waals surface area contributed by atoms with E-state index in [0.717, 1.165) is 28.2 Å². The Morgan fingerprint density at radius 2 is 1.53 bits per heavy atom. The van der Waals surface area contributed by atoms with Crippen molar-refractivity contribution in [3.63, 3.8) is 0 Å². The summed E-state index contributed by atoms with van der Waals surface area (Å²) in [6, 6.07) is 22.7. The zero-order valence-electron chi connectivity index (χ0n) is 17.7. The first-order chi connectivity index (χ1) is 15.4. The number of aliphatic carboxylic acids is 2. The van der Waals surface area contributed by atoms with Gasteiger partial charge in [0.2, 0.25) is 0 Å². The van der Waals surface area contributed by atoms with Gasteiger partial charge in [0, 0.05) is 6.20 Å². The lowest BCUT2D eigenvalue weighted by Gasteiger charge is -2.06. The summed E-state index contributed by atoms with van der Waals surface area (Å²) >= 11 is 0. The Bertz CT molecular complexity index is 1230. The second kappa shape index (κ2) is 10.2. The van der Waals surface area contributed by atoms with Crippen LogP contribution in [0.1, 0.15) is 36.7 Å². The number of aromatic nitrogens is 3. The van der Waals surface area contributed by atoms with Crippen LogP contribution < -0.4 is 0 Å². The first kappa shape index (κ1) is 22.4. The van der Waals surface area contributed by atoms with Crippen molar-refractivity contribution >= 4 is 35.1 Å². The van der Waals surface area contributed by atoms with E-state index < -0.39 is 11.9 Å². The summed E-state index contributed by atoms with van der Waals surface area (Å²) in [5, 5.41) is 14.8. The number of hydrogen-bond donors (Lipinski definition) is 2. The molecule has 4 rings (SSSR count). The van der Waals surface area contributed by atoms with Gasteiger partial charge in [0.15, 0.2) is 0 Å². The summed E-state index contributed by atoms with van der Waals surface area (Å²) in [5.41, 5.74) is 4.53. The van der Waals surface area contributed by atoms with Crippen molar-refractivity contribution in [3.8, 4) is 5.82 Å². The van der Waals surface area contributed by atoms with Crippen LogP contribution in [0.5, 0.6) is 0 Å². The van der Waals surface area contributed by atoms with Crippen molar-refractivity contribution in [1.82, 2.24) is 14.5 Å². The summed E-state index contributed by atoms with van der Waals surface area (Å²) in [5.74, 6) is -1.36. The molecule has 0 spiro atoms. The fourth-order valence-electron chi connectivity index (χ4n) is 3.05. The first-order valence-electron chi connectivity index (χ1n) is 10.00. The molecular formula is C25H23N3O4. The van der Waals surface area contributed by atoms with Gasteiger partial charge < -0.3 is 10.2 Å². The number of carboxylic acid groups (broad SMARTS) is 2. The van der Waals surface area contributed by atoms with Crippen LogP contribution in [0.15, 0.2) is 72.9 Å². The molecule has 32 heavy (non-hydrogen) atoms. The molecule has 0 aliphatic rings. The maximum atomic E-state index is 9.10. The normalized spacial score (nSPS) is 10.8. The third kappa shape index (κ3) is 5.46. The predicted molar refractivity (Wildman–Crippen MR) is 124 cm³/mol. The van der Waals surface area contributed by atoms with Crippen molar-refractivity contribution in [2.24, 2.45) is 0 Å². The molecule has 0 aliphatic carbocycles. The largest absolute Gasteiger partial charge is 0.473 e. The molecular weight excluding hydrogens is 406 g/mol.